The van der Waals surface area contributed by atoms with Gasteiger partial charge in [-0.05, 0) is 55.9 Å². The molecular weight excluding hydrogens is 418 g/mol. The molecule has 0 atom stereocenters. The largest absolute Gasteiger partial charge is 0.416 e. The van der Waals surface area contributed by atoms with Gasteiger partial charge in [-0.1, -0.05) is 24.3 Å². The molecule has 9 nitrogen and oxygen atoms in total. The van der Waals surface area contributed by atoms with Crippen LogP contribution in [0, 0.1) is 5.41 Å². The van der Waals surface area contributed by atoms with Gasteiger partial charge in [-0.15, -0.1) is 5.10 Å². The summed E-state index contributed by atoms with van der Waals surface area (Å²) >= 11 is 0. The average Bonchev–Trinajstić information content (AvgIpc) is 3.31. The second-order valence-corrected chi connectivity index (χ2v) is 7.08. The van der Waals surface area contributed by atoms with Gasteiger partial charge in [0.1, 0.15) is 0 Å². The molecule has 1 aliphatic heterocycles. The van der Waals surface area contributed by atoms with Crippen LogP contribution in [0.5, 0.6) is 0 Å². The maximum Gasteiger partial charge on any atom is 0.253 e. The van der Waals surface area contributed by atoms with Crippen LogP contribution in [0.1, 0.15) is 28.4 Å². The van der Waals surface area contributed by atoms with Crippen LogP contribution in [-0.2, 0) is 4.74 Å². The van der Waals surface area contributed by atoms with Gasteiger partial charge in [-0.2, -0.15) is 0 Å². The van der Waals surface area contributed by atoms with E-state index in [0.717, 1.165) is 5.56 Å². The smallest absolute Gasteiger partial charge is 0.253 e. The van der Waals surface area contributed by atoms with Crippen molar-refractivity contribution in [2.75, 3.05) is 14.1 Å². The van der Waals surface area contributed by atoms with Crippen molar-refractivity contribution >= 4 is 41.6 Å². The Hall–Kier alpha value is -4.62. The zero-order valence-electron chi connectivity index (χ0n) is 18.6. The summed E-state index contributed by atoms with van der Waals surface area (Å²) in [6, 6.07) is 14.3. The van der Waals surface area contributed by atoms with Crippen molar-refractivity contribution in [1.82, 2.24) is 10.3 Å². The Balaban J connectivity index is 1.93. The van der Waals surface area contributed by atoms with Crippen LogP contribution in [0.4, 0.5) is 5.69 Å². The quantitative estimate of drug-likeness (QED) is 0.528. The number of nitrogens with zero attached hydrogens (tertiary/aromatic N) is 5. The highest BCUT2D eigenvalue weighted by molar-refractivity contribution is 6.07. The normalized spacial score (nSPS) is 14.3. The molecule has 0 saturated heterocycles. The Labute approximate surface area is 191 Å². The highest BCUT2D eigenvalue weighted by Gasteiger charge is 2.23. The summed E-state index contributed by atoms with van der Waals surface area (Å²) in [5.41, 5.74) is 6.02. The lowest BCUT2D eigenvalue weighted by Crippen LogP contribution is -2.21. The number of benzene rings is 2. The summed E-state index contributed by atoms with van der Waals surface area (Å²) in [7, 11) is 3.39. The molecule has 9 heteroatoms. The number of ether oxygens (including phenoxy) is 1. The minimum atomic E-state index is -0.190. The van der Waals surface area contributed by atoms with Gasteiger partial charge in [-0.25, -0.2) is 20.4 Å². The summed E-state index contributed by atoms with van der Waals surface area (Å²) in [4.78, 5) is 25.9. The highest BCUT2D eigenvalue weighted by atomic mass is 16.5. The van der Waals surface area contributed by atoms with E-state index in [9.17, 15) is 4.79 Å². The molecule has 1 heterocycles. The predicted octanol–water partition coefficient (Wildman–Crippen LogP) is 3.51. The van der Waals surface area contributed by atoms with Gasteiger partial charge in [0, 0.05) is 25.4 Å². The lowest BCUT2D eigenvalue weighted by atomic mass is 10.1. The first-order chi connectivity index (χ1) is 15.8. The summed E-state index contributed by atoms with van der Waals surface area (Å²) in [5.74, 6) is 2.61. The van der Waals surface area contributed by atoms with E-state index in [4.69, 9.17) is 10.1 Å². The molecule has 0 unspecified atom stereocenters. The molecule has 0 saturated carbocycles. The van der Waals surface area contributed by atoms with Crippen molar-refractivity contribution in [3.8, 4) is 0 Å². The summed E-state index contributed by atoms with van der Waals surface area (Å²) < 4.78 is 5.86. The molecule has 0 fully saturated rings. The highest BCUT2D eigenvalue weighted by Crippen LogP contribution is 2.24. The second kappa shape index (κ2) is 10.1. The Morgan fingerprint density at radius 1 is 1.15 bits per heavy atom. The van der Waals surface area contributed by atoms with E-state index in [1.807, 2.05) is 12.1 Å². The Morgan fingerprint density at radius 2 is 1.82 bits per heavy atom. The standard InChI is InChI=1S/C24H23N7O2/c1-6-27-19-10-8-7-9-18(19)22-29-30-23(33-22)20(21(25)26-3)28-15(2)16-11-13-17(14-12-16)24(32)31(4)5/h7-14,25,30H,1,3H2,2,4-5H3. The van der Waals surface area contributed by atoms with Crippen molar-refractivity contribution in [2.45, 2.75) is 6.92 Å². The number of rotatable bonds is 6. The molecular formula is C24H23N7O2. The topological polar surface area (TPSA) is 115 Å². The minimum absolute atomic E-state index is 0.0918. The molecule has 166 valence electrons. The molecule has 2 aromatic rings. The van der Waals surface area contributed by atoms with Crippen molar-refractivity contribution in [1.29, 1.82) is 5.41 Å². The Kier molecular flexibility index (Phi) is 7.07. The van der Waals surface area contributed by atoms with Crippen LogP contribution < -0.4 is 5.43 Å². The summed E-state index contributed by atoms with van der Waals surface area (Å²) in [6.45, 7) is 8.71. The number of hydrogen-bond donors (Lipinski definition) is 2. The van der Waals surface area contributed by atoms with Crippen LogP contribution in [0.2, 0.25) is 0 Å². The minimum Gasteiger partial charge on any atom is -0.416 e. The van der Waals surface area contributed by atoms with Crippen LogP contribution in [-0.4, -0.2) is 54.9 Å². The number of amides is 1. The van der Waals surface area contributed by atoms with E-state index in [1.54, 1.807) is 57.4 Å². The zero-order chi connectivity index (χ0) is 24.0. The fourth-order valence-electron chi connectivity index (χ4n) is 2.93. The number of para-hydroxylation sites is 1. The van der Waals surface area contributed by atoms with Gasteiger partial charge in [0.05, 0.1) is 11.3 Å². The van der Waals surface area contributed by atoms with E-state index >= 15 is 0 Å². The maximum atomic E-state index is 12.1. The van der Waals surface area contributed by atoms with E-state index in [0.29, 0.717) is 22.5 Å². The maximum absolute atomic E-state index is 12.1. The monoisotopic (exact) mass is 441 g/mol. The van der Waals surface area contributed by atoms with Crippen molar-refractivity contribution in [3.63, 3.8) is 0 Å². The molecule has 1 aliphatic rings. The third kappa shape index (κ3) is 5.17. The molecule has 0 radical (unpaired) electrons. The van der Waals surface area contributed by atoms with Crippen LogP contribution in [0.3, 0.4) is 0 Å². The molecule has 0 spiro atoms. The number of amidine groups is 1. The van der Waals surface area contributed by atoms with Crippen molar-refractivity contribution in [3.05, 3.63) is 83.4 Å². The first kappa shape index (κ1) is 23.1. The van der Waals surface area contributed by atoms with E-state index in [-0.39, 0.29) is 29.2 Å². The number of carbonyl (C=O) groups excluding carboxylic acids is 1. The molecule has 0 bridgehead atoms. The van der Waals surface area contributed by atoms with Crippen LogP contribution in [0.25, 0.3) is 0 Å². The summed E-state index contributed by atoms with van der Waals surface area (Å²) in [6.07, 6.45) is 0. The summed E-state index contributed by atoms with van der Waals surface area (Å²) in [5, 5.41) is 12.4. The molecule has 2 N–H and O–H groups in total. The predicted molar refractivity (Wildman–Crippen MR) is 131 cm³/mol. The van der Waals surface area contributed by atoms with Crippen LogP contribution in [0.15, 0.2) is 86.8 Å². The van der Waals surface area contributed by atoms with Gasteiger partial charge in [0.25, 0.3) is 5.91 Å². The molecule has 0 aromatic heterocycles. The first-order valence-electron chi connectivity index (χ1n) is 9.86. The SMILES string of the molecule is C=C=Nc1ccccc1C1=NNC(=C(N=C(C)c2ccc(C(=O)N(C)C)cc2)C(=N)N=C)O1. The first-order valence-corrected chi connectivity index (χ1v) is 9.86. The van der Waals surface area contributed by atoms with Gasteiger partial charge < -0.3 is 9.64 Å². The van der Waals surface area contributed by atoms with Gasteiger partial charge >= 0.3 is 0 Å². The molecule has 33 heavy (non-hydrogen) atoms. The fourth-order valence-corrected chi connectivity index (χ4v) is 2.93. The molecule has 2 aromatic carbocycles. The molecule has 0 aliphatic carbocycles. The number of nitrogens with one attached hydrogen (secondary N) is 2. The lowest BCUT2D eigenvalue weighted by Gasteiger charge is -2.11. The van der Waals surface area contributed by atoms with Gasteiger partial charge in [0.15, 0.2) is 11.5 Å². The Morgan fingerprint density at radius 3 is 2.45 bits per heavy atom. The zero-order valence-corrected chi connectivity index (χ0v) is 18.6. The lowest BCUT2D eigenvalue weighted by molar-refractivity contribution is 0.0827. The average molecular weight is 441 g/mol. The number of hydrazone groups is 1. The number of hydrogen-bond acceptors (Lipinski definition) is 7. The van der Waals surface area contributed by atoms with Gasteiger partial charge in [-0.3, -0.25) is 10.2 Å². The Bertz CT molecular complexity index is 1250. The van der Waals surface area contributed by atoms with Crippen molar-refractivity contribution < 1.29 is 9.53 Å². The third-order valence-corrected chi connectivity index (χ3v) is 4.62. The van der Waals surface area contributed by atoms with E-state index < -0.39 is 0 Å². The number of aliphatic imine (C=N–C) groups is 3. The third-order valence-electron chi connectivity index (χ3n) is 4.62. The fraction of sp³-hybridized carbons (Fsp3) is 0.125. The van der Waals surface area contributed by atoms with Crippen LogP contribution >= 0.6 is 0 Å². The van der Waals surface area contributed by atoms with E-state index in [2.05, 4.69) is 44.7 Å². The van der Waals surface area contributed by atoms with Gasteiger partial charge in [0.2, 0.25) is 11.8 Å². The van der Waals surface area contributed by atoms with Crippen molar-refractivity contribution in [2.24, 2.45) is 20.1 Å². The second-order valence-electron chi connectivity index (χ2n) is 7.08. The molecule has 3 rings (SSSR count). The molecule has 1 amide bonds. The number of carbonyl (C=O) groups is 1. The van der Waals surface area contributed by atoms with E-state index in [1.165, 1.54) is 4.90 Å².